The number of benzene rings is 1. The van der Waals surface area contributed by atoms with E-state index < -0.39 is 0 Å². The van der Waals surface area contributed by atoms with Crippen LogP contribution in [0.25, 0.3) is 5.69 Å². The van der Waals surface area contributed by atoms with Crippen LogP contribution in [-0.2, 0) is 0 Å². The molecule has 0 spiro atoms. The largest absolute Gasteiger partial charge is 0.352 e. The van der Waals surface area contributed by atoms with E-state index in [1.165, 1.54) is 12.1 Å². The Balaban J connectivity index is 1.76. The molecule has 8 heteroatoms. The summed E-state index contributed by atoms with van der Waals surface area (Å²) in [5.74, 6) is 0. The van der Waals surface area contributed by atoms with Crippen molar-refractivity contribution in [3.63, 3.8) is 0 Å². The molecule has 3 heterocycles. The highest BCUT2D eigenvalue weighted by Gasteiger charge is 2.40. The zero-order valence-electron chi connectivity index (χ0n) is 16.6. The maximum absolute atomic E-state index is 11.0. The molecular weight excluding hydrogens is 398 g/mol. The Morgan fingerprint density at radius 1 is 1.17 bits per heavy atom. The van der Waals surface area contributed by atoms with Gasteiger partial charge in [-0.1, -0.05) is 19.4 Å². The first kappa shape index (κ1) is 20.0. The normalized spacial score (nSPS) is 18.4. The number of nitro groups is 1. The van der Waals surface area contributed by atoms with Crippen molar-refractivity contribution in [2.24, 2.45) is 0 Å². The number of aromatic nitrogens is 2. The van der Waals surface area contributed by atoms with Gasteiger partial charge < -0.3 is 14.8 Å². The minimum Gasteiger partial charge on any atom is -0.352 e. The molecule has 1 saturated heterocycles. The van der Waals surface area contributed by atoms with Gasteiger partial charge in [-0.15, -0.1) is 0 Å². The predicted molar refractivity (Wildman–Crippen MR) is 119 cm³/mol. The van der Waals surface area contributed by atoms with Crippen molar-refractivity contribution in [3.8, 4) is 5.69 Å². The molecule has 7 nitrogen and oxygen atoms in total. The topological polar surface area (TPSA) is 76.2 Å². The maximum atomic E-state index is 11.0. The van der Waals surface area contributed by atoms with E-state index in [4.69, 9.17) is 12.2 Å². The lowest BCUT2D eigenvalue weighted by molar-refractivity contribution is -0.384. The number of hydrogen-bond acceptors (Lipinski definition) is 4. The van der Waals surface area contributed by atoms with E-state index in [0.717, 1.165) is 41.6 Å². The van der Waals surface area contributed by atoms with Crippen LogP contribution in [0, 0.1) is 10.1 Å². The molecule has 1 N–H and O–H groups in total. The number of non-ortho nitro benzene ring substituents is 1. The summed E-state index contributed by atoms with van der Waals surface area (Å²) in [5.41, 5.74) is 2.93. The summed E-state index contributed by atoms with van der Waals surface area (Å²) in [5, 5.41) is 15.2. The van der Waals surface area contributed by atoms with Crippen LogP contribution in [0.3, 0.4) is 0 Å². The molecule has 0 unspecified atom stereocenters. The highest BCUT2D eigenvalue weighted by atomic mass is 32.1. The summed E-state index contributed by atoms with van der Waals surface area (Å²) in [6.07, 6.45) is 5.88. The number of rotatable bonds is 7. The number of pyridine rings is 1. The number of unbranched alkanes of at least 4 members (excludes halogenated alkanes) is 1. The third kappa shape index (κ3) is 3.78. The first-order valence-electron chi connectivity index (χ1n) is 10.00. The molecule has 0 aliphatic carbocycles. The van der Waals surface area contributed by atoms with Crippen LogP contribution in [0.5, 0.6) is 0 Å². The van der Waals surface area contributed by atoms with Crippen molar-refractivity contribution < 1.29 is 4.92 Å². The van der Waals surface area contributed by atoms with Gasteiger partial charge in [0.2, 0.25) is 0 Å². The van der Waals surface area contributed by atoms with Crippen LogP contribution in [0.15, 0.2) is 67.0 Å². The van der Waals surface area contributed by atoms with Crippen molar-refractivity contribution in [1.82, 2.24) is 19.8 Å². The third-order valence-corrected chi connectivity index (χ3v) is 5.72. The lowest BCUT2D eigenvalue weighted by Crippen LogP contribution is -2.31. The van der Waals surface area contributed by atoms with Crippen LogP contribution in [0.1, 0.15) is 43.2 Å². The molecule has 1 aliphatic heterocycles. The smallest absolute Gasteiger partial charge is 0.269 e. The van der Waals surface area contributed by atoms with Gasteiger partial charge in [0.1, 0.15) is 0 Å². The Labute approximate surface area is 180 Å². The Hall–Kier alpha value is -3.26. The highest BCUT2D eigenvalue weighted by Crippen LogP contribution is 2.39. The summed E-state index contributed by atoms with van der Waals surface area (Å²) in [7, 11) is 0. The lowest BCUT2D eigenvalue weighted by Gasteiger charge is -2.29. The molecular formula is C22H23N5O2S. The Kier molecular flexibility index (Phi) is 5.76. The number of nitrogens with one attached hydrogen (secondary N) is 1. The molecule has 1 fully saturated rings. The molecule has 30 heavy (non-hydrogen) atoms. The first-order valence-corrected chi connectivity index (χ1v) is 10.4. The van der Waals surface area contributed by atoms with Crippen molar-refractivity contribution in [2.75, 3.05) is 6.54 Å². The zero-order valence-corrected chi connectivity index (χ0v) is 17.5. The summed E-state index contributed by atoms with van der Waals surface area (Å²) < 4.78 is 2.07. The minimum atomic E-state index is -0.386. The fraction of sp³-hybridized carbons (Fsp3) is 0.273. The second-order valence-electron chi connectivity index (χ2n) is 7.25. The lowest BCUT2D eigenvalue weighted by atomic mass is 10.0. The van der Waals surface area contributed by atoms with Gasteiger partial charge in [-0.25, -0.2) is 0 Å². The summed E-state index contributed by atoms with van der Waals surface area (Å²) in [6.45, 7) is 3.01. The summed E-state index contributed by atoms with van der Waals surface area (Å²) in [4.78, 5) is 17.4. The zero-order chi connectivity index (χ0) is 21.1. The molecule has 154 valence electrons. The number of hydrogen-bond donors (Lipinski definition) is 1. The maximum Gasteiger partial charge on any atom is 0.269 e. The Bertz CT molecular complexity index is 1040. The number of nitrogens with zero attached hydrogens (tertiary/aromatic N) is 4. The molecule has 4 rings (SSSR count). The molecule has 0 amide bonds. The van der Waals surface area contributed by atoms with E-state index >= 15 is 0 Å². The van der Waals surface area contributed by atoms with Crippen LogP contribution < -0.4 is 5.32 Å². The molecule has 3 aromatic rings. The SMILES string of the molecule is CCCCN1C(=S)N[C@@H](c2ccccn2)[C@@H]1c1cccn1-c1ccc([N+](=O)[O-])cc1. The van der Waals surface area contributed by atoms with Gasteiger partial charge in [-0.2, -0.15) is 0 Å². The molecule has 0 saturated carbocycles. The predicted octanol–water partition coefficient (Wildman–Crippen LogP) is 4.55. The van der Waals surface area contributed by atoms with Crippen LogP contribution in [-0.4, -0.2) is 31.0 Å². The molecule has 1 aromatic carbocycles. The Morgan fingerprint density at radius 3 is 2.63 bits per heavy atom. The van der Waals surface area contributed by atoms with Gasteiger partial charge in [-0.05, 0) is 55.0 Å². The van der Waals surface area contributed by atoms with Crippen molar-refractivity contribution in [2.45, 2.75) is 31.8 Å². The van der Waals surface area contributed by atoms with E-state index in [9.17, 15) is 10.1 Å². The fourth-order valence-electron chi connectivity index (χ4n) is 3.90. The van der Waals surface area contributed by atoms with Crippen molar-refractivity contribution in [1.29, 1.82) is 0 Å². The molecule has 2 atom stereocenters. The second-order valence-corrected chi connectivity index (χ2v) is 7.64. The van der Waals surface area contributed by atoms with Gasteiger partial charge in [0, 0.05) is 42.5 Å². The monoisotopic (exact) mass is 421 g/mol. The molecule has 2 aromatic heterocycles. The van der Waals surface area contributed by atoms with Crippen molar-refractivity contribution >= 4 is 23.0 Å². The highest BCUT2D eigenvalue weighted by molar-refractivity contribution is 7.80. The van der Waals surface area contributed by atoms with E-state index in [0.29, 0.717) is 0 Å². The fourth-order valence-corrected chi connectivity index (χ4v) is 4.23. The van der Waals surface area contributed by atoms with Gasteiger partial charge in [-0.3, -0.25) is 15.1 Å². The summed E-state index contributed by atoms with van der Waals surface area (Å²) in [6, 6.07) is 16.4. The third-order valence-electron chi connectivity index (χ3n) is 5.37. The standard InChI is InChI=1S/C22H23N5O2S/c1-2-3-14-26-21(20(24-22(26)30)18-7-4-5-13-23-18)19-8-6-15-25(19)16-9-11-17(12-10-16)27(28)29/h4-13,15,20-21H,2-3,14H2,1H3,(H,24,30)/t20-,21-/m0/s1. The van der Waals surface area contributed by atoms with E-state index in [2.05, 4.69) is 32.8 Å². The van der Waals surface area contributed by atoms with Gasteiger partial charge >= 0.3 is 0 Å². The van der Waals surface area contributed by atoms with Crippen LogP contribution >= 0.6 is 12.2 Å². The average molecular weight is 422 g/mol. The molecule has 0 bridgehead atoms. The first-order chi connectivity index (χ1) is 14.6. The van der Waals surface area contributed by atoms with Gasteiger partial charge in [0.05, 0.1) is 22.7 Å². The molecule has 0 radical (unpaired) electrons. The van der Waals surface area contributed by atoms with Crippen molar-refractivity contribution in [3.05, 3.63) is 88.5 Å². The minimum absolute atomic E-state index is 0.0378. The van der Waals surface area contributed by atoms with E-state index in [1.54, 1.807) is 18.3 Å². The summed E-state index contributed by atoms with van der Waals surface area (Å²) >= 11 is 5.69. The quantitative estimate of drug-likeness (QED) is 0.343. The van der Waals surface area contributed by atoms with E-state index in [-0.39, 0.29) is 22.7 Å². The number of thiocarbonyl (C=S) groups is 1. The van der Waals surface area contributed by atoms with Crippen LogP contribution in [0.4, 0.5) is 5.69 Å². The van der Waals surface area contributed by atoms with E-state index in [1.807, 2.05) is 30.5 Å². The second kappa shape index (κ2) is 8.62. The Morgan fingerprint density at radius 2 is 1.97 bits per heavy atom. The van der Waals surface area contributed by atoms with Crippen LogP contribution in [0.2, 0.25) is 0 Å². The molecule has 1 aliphatic rings. The van der Waals surface area contributed by atoms with Gasteiger partial charge in [0.25, 0.3) is 5.69 Å². The van der Waals surface area contributed by atoms with Gasteiger partial charge in [0.15, 0.2) is 5.11 Å². The number of nitro benzene ring substituents is 1. The average Bonchev–Trinajstić information content (AvgIpc) is 3.37.